The van der Waals surface area contributed by atoms with Crippen LogP contribution in [-0.2, 0) is 11.2 Å². The van der Waals surface area contributed by atoms with Crippen LogP contribution in [0.5, 0.6) is 17.2 Å². The number of benzene rings is 3. The van der Waals surface area contributed by atoms with Gasteiger partial charge < -0.3 is 29.6 Å². The maximum absolute atomic E-state index is 11.8. The second-order valence-corrected chi connectivity index (χ2v) is 8.60. The zero-order chi connectivity index (χ0) is 25.7. The van der Waals surface area contributed by atoms with Crippen molar-refractivity contribution in [2.24, 2.45) is 0 Å². The minimum absolute atomic E-state index is 0.0357. The Bertz CT molecular complexity index is 1390. The van der Waals surface area contributed by atoms with Crippen LogP contribution in [0.1, 0.15) is 19.4 Å². The number of rotatable bonds is 9. The lowest BCUT2D eigenvalue weighted by Crippen LogP contribution is -2.31. The number of aromatic nitrogens is 1. The normalized spacial score (nSPS) is 10.9. The van der Waals surface area contributed by atoms with Crippen molar-refractivity contribution in [3.05, 3.63) is 60.2 Å². The highest BCUT2D eigenvalue weighted by molar-refractivity contribution is 6.09. The van der Waals surface area contributed by atoms with E-state index in [1.807, 2.05) is 68.4 Å². The summed E-state index contributed by atoms with van der Waals surface area (Å²) in [7, 11) is 4.86. The van der Waals surface area contributed by atoms with Gasteiger partial charge in [-0.25, -0.2) is 9.78 Å². The average Bonchev–Trinajstić information content (AvgIpc) is 2.87. The van der Waals surface area contributed by atoms with Crippen LogP contribution in [0.2, 0.25) is 0 Å². The van der Waals surface area contributed by atoms with Crippen LogP contribution in [0.15, 0.2) is 54.6 Å². The van der Waals surface area contributed by atoms with Crippen molar-refractivity contribution >= 4 is 39.3 Å². The maximum Gasteiger partial charge on any atom is 0.407 e. The van der Waals surface area contributed by atoms with Gasteiger partial charge in [-0.05, 0) is 49.7 Å². The third-order valence-corrected chi connectivity index (χ3v) is 5.71. The Hall–Kier alpha value is -4.20. The van der Waals surface area contributed by atoms with Gasteiger partial charge in [0.1, 0.15) is 5.75 Å². The standard InChI is InChI=1S/C28H31N3O5/c1-17(2)29-28(32)36-12-11-18-7-6-8-19(13-18)30-27-21-10-9-20(33-3)14-23(21)31-24-16-26(35-5)25(34-4)15-22(24)27/h6-10,13-17H,11-12H2,1-5H3,(H,29,32)(H,30,31). The van der Waals surface area contributed by atoms with Crippen molar-refractivity contribution in [1.29, 1.82) is 0 Å². The summed E-state index contributed by atoms with van der Waals surface area (Å²) in [5, 5.41) is 8.14. The van der Waals surface area contributed by atoms with Crippen LogP contribution >= 0.6 is 0 Å². The molecule has 0 aliphatic heterocycles. The number of ether oxygens (including phenoxy) is 4. The Labute approximate surface area is 210 Å². The molecule has 4 rings (SSSR count). The minimum Gasteiger partial charge on any atom is -0.497 e. The first-order valence-electron chi connectivity index (χ1n) is 11.7. The molecule has 188 valence electrons. The van der Waals surface area contributed by atoms with Gasteiger partial charge in [0.15, 0.2) is 11.5 Å². The molecule has 0 fully saturated rings. The molecule has 1 aromatic heterocycles. The van der Waals surface area contributed by atoms with Gasteiger partial charge in [0, 0.05) is 41.1 Å². The molecule has 0 spiro atoms. The van der Waals surface area contributed by atoms with Crippen LogP contribution < -0.4 is 24.8 Å². The molecule has 0 aliphatic carbocycles. The molecule has 2 N–H and O–H groups in total. The maximum atomic E-state index is 11.8. The third kappa shape index (κ3) is 5.54. The minimum atomic E-state index is -0.409. The molecule has 8 nitrogen and oxygen atoms in total. The van der Waals surface area contributed by atoms with Crippen molar-refractivity contribution in [1.82, 2.24) is 10.3 Å². The Kier molecular flexibility index (Phi) is 7.63. The fourth-order valence-electron chi connectivity index (χ4n) is 4.00. The number of nitrogens with one attached hydrogen (secondary N) is 2. The van der Waals surface area contributed by atoms with Crippen LogP contribution in [0.3, 0.4) is 0 Å². The number of hydrogen-bond donors (Lipinski definition) is 2. The van der Waals surface area contributed by atoms with E-state index in [-0.39, 0.29) is 6.04 Å². The van der Waals surface area contributed by atoms with Crippen molar-refractivity contribution in [2.75, 3.05) is 33.3 Å². The highest BCUT2D eigenvalue weighted by Gasteiger charge is 2.15. The van der Waals surface area contributed by atoms with Gasteiger partial charge in [0.05, 0.1) is 44.7 Å². The summed E-state index contributed by atoms with van der Waals surface area (Å²) in [4.78, 5) is 16.6. The number of alkyl carbamates (subject to hydrolysis) is 1. The quantitative estimate of drug-likeness (QED) is 0.286. The lowest BCUT2D eigenvalue weighted by Gasteiger charge is -2.17. The molecule has 0 radical (unpaired) electrons. The van der Waals surface area contributed by atoms with E-state index in [1.54, 1.807) is 21.3 Å². The Morgan fingerprint density at radius 1 is 0.889 bits per heavy atom. The van der Waals surface area contributed by atoms with E-state index in [1.165, 1.54) is 0 Å². The fraction of sp³-hybridized carbons (Fsp3) is 0.286. The molecule has 8 heteroatoms. The third-order valence-electron chi connectivity index (χ3n) is 5.71. The molecule has 0 saturated carbocycles. The number of nitrogens with zero attached hydrogens (tertiary/aromatic N) is 1. The number of fused-ring (bicyclic) bond motifs is 2. The number of pyridine rings is 1. The molecular formula is C28H31N3O5. The highest BCUT2D eigenvalue weighted by atomic mass is 16.5. The molecule has 3 aromatic carbocycles. The first-order valence-corrected chi connectivity index (χ1v) is 11.7. The van der Waals surface area contributed by atoms with Gasteiger partial charge in [-0.1, -0.05) is 12.1 Å². The summed E-state index contributed by atoms with van der Waals surface area (Å²) >= 11 is 0. The average molecular weight is 490 g/mol. The zero-order valence-electron chi connectivity index (χ0n) is 21.2. The molecule has 0 unspecified atom stereocenters. The van der Waals surface area contributed by atoms with E-state index in [0.717, 1.165) is 44.5 Å². The van der Waals surface area contributed by atoms with E-state index in [2.05, 4.69) is 10.6 Å². The second kappa shape index (κ2) is 11.0. The smallest absolute Gasteiger partial charge is 0.407 e. The molecule has 1 heterocycles. The number of amides is 1. The Morgan fingerprint density at radius 2 is 1.64 bits per heavy atom. The predicted octanol–water partition coefficient (Wildman–Crippen LogP) is 5.83. The topological polar surface area (TPSA) is 90.9 Å². The van der Waals surface area contributed by atoms with Crippen LogP contribution in [0.25, 0.3) is 21.8 Å². The highest BCUT2D eigenvalue weighted by Crippen LogP contribution is 2.40. The van der Waals surface area contributed by atoms with Gasteiger partial charge in [-0.2, -0.15) is 0 Å². The summed E-state index contributed by atoms with van der Waals surface area (Å²) in [6, 6.07) is 17.7. The Morgan fingerprint density at radius 3 is 2.36 bits per heavy atom. The summed E-state index contributed by atoms with van der Waals surface area (Å²) in [6.07, 6.45) is 0.190. The second-order valence-electron chi connectivity index (χ2n) is 8.60. The first kappa shape index (κ1) is 24.9. The van der Waals surface area contributed by atoms with Gasteiger partial charge in [0.25, 0.3) is 0 Å². The first-order chi connectivity index (χ1) is 17.4. The lowest BCUT2D eigenvalue weighted by molar-refractivity contribution is 0.145. The molecule has 0 aliphatic rings. The molecule has 0 bridgehead atoms. The molecule has 36 heavy (non-hydrogen) atoms. The van der Waals surface area contributed by atoms with Crippen LogP contribution in [0, 0.1) is 0 Å². The Balaban J connectivity index is 1.70. The summed E-state index contributed by atoms with van der Waals surface area (Å²) in [5.41, 5.74) is 4.39. The predicted molar refractivity (Wildman–Crippen MR) is 142 cm³/mol. The number of methoxy groups -OCH3 is 3. The van der Waals surface area contributed by atoms with E-state index in [0.29, 0.717) is 24.5 Å². The lowest BCUT2D eigenvalue weighted by atomic mass is 10.1. The molecule has 4 aromatic rings. The SMILES string of the molecule is COc1ccc2c(Nc3cccc(CCOC(=O)NC(C)C)c3)c3cc(OC)c(OC)cc3nc2c1. The summed E-state index contributed by atoms with van der Waals surface area (Å²) < 4.78 is 21.8. The van der Waals surface area contributed by atoms with E-state index in [4.69, 9.17) is 23.9 Å². The molecule has 0 atom stereocenters. The number of anilines is 2. The van der Waals surface area contributed by atoms with Crippen molar-refractivity contribution in [2.45, 2.75) is 26.3 Å². The van der Waals surface area contributed by atoms with E-state index in [9.17, 15) is 4.79 Å². The largest absolute Gasteiger partial charge is 0.497 e. The van der Waals surface area contributed by atoms with Gasteiger partial charge >= 0.3 is 6.09 Å². The van der Waals surface area contributed by atoms with Crippen LogP contribution in [-0.4, -0.2) is 45.1 Å². The van der Waals surface area contributed by atoms with Gasteiger partial charge in [-0.15, -0.1) is 0 Å². The molecular weight excluding hydrogens is 458 g/mol. The van der Waals surface area contributed by atoms with Gasteiger partial charge in [0.2, 0.25) is 0 Å². The summed E-state index contributed by atoms with van der Waals surface area (Å²) in [5.74, 6) is 1.95. The molecule has 1 amide bonds. The number of carbonyl (C=O) groups is 1. The van der Waals surface area contributed by atoms with E-state index >= 15 is 0 Å². The van der Waals surface area contributed by atoms with Crippen molar-refractivity contribution < 1.29 is 23.7 Å². The van der Waals surface area contributed by atoms with Crippen molar-refractivity contribution in [3.63, 3.8) is 0 Å². The monoisotopic (exact) mass is 489 g/mol. The summed E-state index contributed by atoms with van der Waals surface area (Å²) in [6.45, 7) is 4.08. The zero-order valence-corrected chi connectivity index (χ0v) is 21.2. The number of carbonyl (C=O) groups excluding carboxylic acids is 1. The van der Waals surface area contributed by atoms with Gasteiger partial charge in [-0.3, -0.25) is 0 Å². The van der Waals surface area contributed by atoms with E-state index < -0.39 is 6.09 Å². The number of hydrogen-bond acceptors (Lipinski definition) is 7. The van der Waals surface area contributed by atoms with Crippen molar-refractivity contribution in [3.8, 4) is 17.2 Å². The fourth-order valence-corrected chi connectivity index (χ4v) is 4.00. The molecule has 0 saturated heterocycles. The van der Waals surface area contributed by atoms with Crippen LogP contribution in [0.4, 0.5) is 16.2 Å².